The Labute approximate surface area is 111 Å². The Morgan fingerprint density at radius 1 is 1.29 bits per heavy atom. The van der Waals surface area contributed by atoms with Gasteiger partial charge in [-0.2, -0.15) is 0 Å². The van der Waals surface area contributed by atoms with E-state index in [1.165, 1.54) is 25.0 Å². The van der Waals surface area contributed by atoms with Crippen molar-refractivity contribution in [1.82, 2.24) is 5.32 Å². The van der Waals surface area contributed by atoms with E-state index in [2.05, 4.69) is 12.2 Å². The highest BCUT2D eigenvalue weighted by atomic mass is 35.5. The van der Waals surface area contributed by atoms with Crippen molar-refractivity contribution >= 4 is 23.2 Å². The van der Waals surface area contributed by atoms with Crippen LogP contribution in [-0.4, -0.2) is 6.04 Å². The third kappa shape index (κ3) is 2.93. The maximum Gasteiger partial charge on any atom is 0.142 e. The van der Waals surface area contributed by atoms with Crippen LogP contribution in [0.3, 0.4) is 0 Å². The number of nitrogens with one attached hydrogen (secondary N) is 1. The van der Waals surface area contributed by atoms with E-state index in [1.54, 1.807) is 0 Å². The lowest BCUT2D eigenvalue weighted by Crippen LogP contribution is -2.41. The van der Waals surface area contributed by atoms with Crippen LogP contribution in [0.1, 0.15) is 38.3 Å². The van der Waals surface area contributed by atoms with E-state index in [0.717, 1.165) is 11.5 Å². The van der Waals surface area contributed by atoms with Crippen LogP contribution in [0, 0.1) is 11.7 Å². The van der Waals surface area contributed by atoms with Gasteiger partial charge in [-0.3, -0.25) is 0 Å². The standard InChI is InChI=1S/C13H16Cl2FN/c1-7-3-9(4-7)17-8(2)10-5-13(16)12(15)6-11(10)14/h5-9,17H,3-4H2,1-2H3. The van der Waals surface area contributed by atoms with Crippen molar-refractivity contribution in [3.8, 4) is 0 Å². The zero-order valence-corrected chi connectivity index (χ0v) is 11.4. The van der Waals surface area contributed by atoms with Crippen molar-refractivity contribution in [2.75, 3.05) is 0 Å². The summed E-state index contributed by atoms with van der Waals surface area (Å²) in [4.78, 5) is 0. The molecule has 1 nitrogen and oxygen atoms in total. The van der Waals surface area contributed by atoms with Crippen LogP contribution in [0.2, 0.25) is 10.0 Å². The largest absolute Gasteiger partial charge is 0.307 e. The molecule has 2 rings (SSSR count). The first kappa shape index (κ1) is 13.1. The van der Waals surface area contributed by atoms with Crippen LogP contribution in [0.15, 0.2) is 12.1 Å². The summed E-state index contributed by atoms with van der Waals surface area (Å²) in [5.74, 6) is 0.374. The van der Waals surface area contributed by atoms with Crippen LogP contribution in [0.4, 0.5) is 4.39 Å². The highest BCUT2D eigenvalue weighted by Crippen LogP contribution is 2.32. The Balaban J connectivity index is 2.08. The van der Waals surface area contributed by atoms with E-state index in [9.17, 15) is 4.39 Å². The minimum absolute atomic E-state index is 0.0479. The fraction of sp³-hybridized carbons (Fsp3) is 0.538. The molecule has 0 aliphatic heterocycles. The number of rotatable bonds is 3. The summed E-state index contributed by atoms with van der Waals surface area (Å²) >= 11 is 11.8. The Morgan fingerprint density at radius 3 is 2.53 bits per heavy atom. The molecule has 94 valence electrons. The molecule has 17 heavy (non-hydrogen) atoms. The van der Waals surface area contributed by atoms with Gasteiger partial charge < -0.3 is 5.32 Å². The molecule has 1 saturated carbocycles. The molecule has 0 saturated heterocycles. The summed E-state index contributed by atoms with van der Waals surface area (Å²) in [6, 6.07) is 3.46. The topological polar surface area (TPSA) is 12.0 Å². The highest BCUT2D eigenvalue weighted by molar-refractivity contribution is 6.35. The van der Waals surface area contributed by atoms with Crippen molar-refractivity contribution in [2.45, 2.75) is 38.8 Å². The molecule has 1 fully saturated rings. The molecule has 0 bridgehead atoms. The molecule has 1 aromatic carbocycles. The fourth-order valence-corrected chi connectivity index (χ4v) is 2.90. The van der Waals surface area contributed by atoms with Crippen LogP contribution < -0.4 is 5.32 Å². The van der Waals surface area contributed by atoms with Crippen LogP contribution in [0.5, 0.6) is 0 Å². The van der Waals surface area contributed by atoms with E-state index in [1.807, 2.05) is 6.92 Å². The maximum atomic E-state index is 13.4. The molecule has 0 aromatic heterocycles. The normalized spacial score (nSPS) is 25.5. The summed E-state index contributed by atoms with van der Waals surface area (Å²) < 4.78 is 13.4. The van der Waals surface area contributed by atoms with Gasteiger partial charge in [0.25, 0.3) is 0 Å². The molecule has 0 spiro atoms. The average Bonchev–Trinajstić information content (AvgIpc) is 2.21. The Morgan fingerprint density at radius 2 is 1.94 bits per heavy atom. The molecule has 0 amide bonds. The molecule has 1 aromatic rings. The van der Waals surface area contributed by atoms with Gasteiger partial charge in [0.1, 0.15) is 5.82 Å². The van der Waals surface area contributed by atoms with Crippen LogP contribution in [-0.2, 0) is 0 Å². The van der Waals surface area contributed by atoms with Crippen LogP contribution >= 0.6 is 23.2 Å². The Hall–Kier alpha value is -0.310. The van der Waals surface area contributed by atoms with Gasteiger partial charge in [-0.1, -0.05) is 30.1 Å². The van der Waals surface area contributed by atoms with Gasteiger partial charge in [-0.25, -0.2) is 4.39 Å². The third-order valence-corrected chi connectivity index (χ3v) is 3.98. The summed E-state index contributed by atoms with van der Waals surface area (Å²) in [6.07, 6.45) is 2.36. The van der Waals surface area contributed by atoms with Gasteiger partial charge in [0, 0.05) is 17.1 Å². The zero-order chi connectivity index (χ0) is 12.6. The van der Waals surface area contributed by atoms with Crippen molar-refractivity contribution < 1.29 is 4.39 Å². The molecular weight excluding hydrogens is 260 g/mol. The first-order valence-electron chi connectivity index (χ1n) is 5.88. The number of hydrogen-bond acceptors (Lipinski definition) is 1. The molecule has 4 heteroatoms. The van der Waals surface area contributed by atoms with Crippen molar-refractivity contribution in [2.24, 2.45) is 5.92 Å². The van der Waals surface area contributed by atoms with Gasteiger partial charge in [0.2, 0.25) is 0 Å². The third-order valence-electron chi connectivity index (χ3n) is 3.37. The zero-order valence-electron chi connectivity index (χ0n) is 9.93. The van der Waals surface area contributed by atoms with Crippen molar-refractivity contribution in [3.63, 3.8) is 0 Å². The Kier molecular flexibility index (Phi) is 3.96. The van der Waals surface area contributed by atoms with Crippen molar-refractivity contribution in [3.05, 3.63) is 33.6 Å². The van der Waals surface area contributed by atoms with E-state index in [0.29, 0.717) is 11.1 Å². The summed E-state index contributed by atoms with van der Waals surface area (Å²) in [7, 11) is 0. The van der Waals surface area contributed by atoms with Gasteiger partial charge in [0.15, 0.2) is 0 Å². The lowest BCUT2D eigenvalue weighted by molar-refractivity contribution is 0.226. The lowest BCUT2D eigenvalue weighted by atomic mass is 9.81. The Bertz CT molecular complexity index is 416. The molecule has 1 unspecified atom stereocenters. The minimum atomic E-state index is -0.415. The monoisotopic (exact) mass is 275 g/mol. The molecule has 1 atom stereocenters. The summed E-state index contributed by atoms with van der Waals surface area (Å²) in [5.41, 5.74) is 0.771. The first-order chi connectivity index (χ1) is 7.97. The molecule has 0 heterocycles. The number of benzene rings is 1. The first-order valence-corrected chi connectivity index (χ1v) is 6.63. The van der Waals surface area contributed by atoms with E-state index in [-0.39, 0.29) is 11.1 Å². The predicted molar refractivity (Wildman–Crippen MR) is 70.2 cm³/mol. The highest BCUT2D eigenvalue weighted by Gasteiger charge is 2.27. The van der Waals surface area contributed by atoms with Gasteiger partial charge in [-0.05, 0) is 43.4 Å². The SMILES string of the molecule is CC1CC(NC(C)c2cc(F)c(Cl)cc2Cl)C1. The molecule has 1 aliphatic rings. The summed E-state index contributed by atoms with van der Waals surface area (Å²) in [5, 5.41) is 4.05. The fourth-order valence-electron chi connectivity index (χ4n) is 2.35. The number of hydrogen-bond donors (Lipinski definition) is 1. The quantitative estimate of drug-likeness (QED) is 0.797. The molecule has 0 radical (unpaired) electrons. The summed E-state index contributed by atoms with van der Waals surface area (Å²) in [6.45, 7) is 4.23. The molecular formula is C13H16Cl2FN. The molecule has 1 N–H and O–H groups in total. The van der Waals surface area contributed by atoms with Gasteiger partial charge >= 0.3 is 0 Å². The van der Waals surface area contributed by atoms with E-state index in [4.69, 9.17) is 23.2 Å². The van der Waals surface area contributed by atoms with Crippen molar-refractivity contribution in [1.29, 1.82) is 0 Å². The average molecular weight is 276 g/mol. The van der Waals surface area contributed by atoms with Gasteiger partial charge in [-0.15, -0.1) is 0 Å². The van der Waals surface area contributed by atoms with Crippen LogP contribution in [0.25, 0.3) is 0 Å². The second kappa shape index (κ2) is 5.13. The second-order valence-electron chi connectivity index (χ2n) is 4.95. The molecule has 1 aliphatic carbocycles. The smallest absolute Gasteiger partial charge is 0.142 e. The minimum Gasteiger partial charge on any atom is -0.307 e. The number of halogens is 3. The van der Waals surface area contributed by atoms with E-state index >= 15 is 0 Å². The van der Waals surface area contributed by atoms with E-state index < -0.39 is 5.82 Å². The predicted octanol–water partition coefficient (Wildman–Crippen LogP) is 4.58. The lowest BCUT2D eigenvalue weighted by Gasteiger charge is -2.36. The second-order valence-corrected chi connectivity index (χ2v) is 5.76. The maximum absolute atomic E-state index is 13.4. The van der Waals surface area contributed by atoms with Gasteiger partial charge in [0.05, 0.1) is 5.02 Å².